The highest BCUT2D eigenvalue weighted by Crippen LogP contribution is 2.41. The van der Waals surface area contributed by atoms with E-state index in [0.717, 1.165) is 74.9 Å². The molecule has 5 aliphatic heterocycles. The molecule has 10 nitrogen and oxygen atoms in total. The van der Waals surface area contributed by atoms with Crippen LogP contribution in [0.2, 0.25) is 0 Å². The monoisotopic (exact) mass is 669 g/mol. The number of hydrogen-bond donors (Lipinski definition) is 2. The van der Waals surface area contributed by atoms with Crippen LogP contribution in [0.25, 0.3) is 0 Å². The Hall–Kier alpha value is -4.12. The van der Waals surface area contributed by atoms with Gasteiger partial charge in [-0.3, -0.25) is 4.79 Å². The Morgan fingerprint density at radius 1 is 0.898 bits per heavy atom. The van der Waals surface area contributed by atoms with Crippen LogP contribution in [0.3, 0.4) is 0 Å². The molecule has 0 radical (unpaired) electrons. The van der Waals surface area contributed by atoms with Crippen molar-refractivity contribution >= 4 is 23.0 Å². The standard InChI is InChI=1S/C39H51N5O5/c1-9-28-24(3)34-21-37-30(22-45)26(5)33(42-37)20-35-25(4)29(10-11-38(46)44(7)12-13-48-16-17-49-15-14-47-8)39(43-35)27(6)32-18-23(2)31(40-32)19-36(28)41-34/h18-22,25,29,43,45H,9-17H2,1-8H3/t25?,29-/m0/s1. The van der Waals surface area contributed by atoms with Crippen LogP contribution in [-0.4, -0.2) is 86.8 Å². The molecule has 2 atom stereocenters. The van der Waals surface area contributed by atoms with Crippen molar-refractivity contribution < 1.29 is 24.1 Å². The van der Waals surface area contributed by atoms with Crippen LogP contribution >= 0.6 is 0 Å². The fourth-order valence-electron chi connectivity index (χ4n) is 6.79. The molecule has 1 amide bonds. The number of aliphatic hydroxyl groups excluding tert-OH is 1. The number of hydrogen-bond acceptors (Lipinski definition) is 9. The molecule has 0 aromatic heterocycles. The van der Waals surface area contributed by atoms with Crippen LogP contribution in [0, 0.1) is 11.8 Å². The molecule has 0 aliphatic carbocycles. The fourth-order valence-corrected chi connectivity index (χ4v) is 6.79. The van der Waals surface area contributed by atoms with E-state index in [1.54, 1.807) is 12.0 Å². The zero-order valence-electron chi connectivity index (χ0n) is 30.3. The van der Waals surface area contributed by atoms with Crippen LogP contribution in [0.5, 0.6) is 0 Å². The minimum absolute atomic E-state index is 0.0719. The van der Waals surface area contributed by atoms with Gasteiger partial charge in [-0.1, -0.05) is 13.8 Å². The van der Waals surface area contributed by atoms with E-state index >= 15 is 0 Å². The zero-order valence-corrected chi connectivity index (χ0v) is 30.3. The third-order valence-corrected chi connectivity index (χ3v) is 10.0. The summed E-state index contributed by atoms with van der Waals surface area (Å²) in [6, 6.07) is 0. The largest absolute Gasteiger partial charge is 0.515 e. The number of carbonyl (C=O) groups is 1. The molecule has 0 saturated carbocycles. The van der Waals surface area contributed by atoms with Gasteiger partial charge in [-0.15, -0.1) is 0 Å². The van der Waals surface area contributed by atoms with Crippen LogP contribution in [-0.2, 0) is 19.0 Å². The molecule has 5 rings (SSSR count). The summed E-state index contributed by atoms with van der Waals surface area (Å²) in [5, 5.41) is 14.0. The number of likely N-dealkylation sites (N-methyl/N-ethyl adjacent to an activating group) is 1. The smallest absolute Gasteiger partial charge is 0.222 e. The van der Waals surface area contributed by atoms with Gasteiger partial charge in [-0.05, 0) is 92.7 Å². The molecule has 1 fully saturated rings. The van der Waals surface area contributed by atoms with E-state index in [4.69, 9.17) is 29.2 Å². The Labute approximate surface area is 290 Å². The van der Waals surface area contributed by atoms with Crippen LogP contribution < -0.4 is 5.32 Å². The maximum atomic E-state index is 13.3. The summed E-state index contributed by atoms with van der Waals surface area (Å²) in [7, 11) is 3.47. The first kappa shape index (κ1) is 36.2. The van der Waals surface area contributed by atoms with Gasteiger partial charge in [0.25, 0.3) is 0 Å². The lowest BCUT2D eigenvalue weighted by Gasteiger charge is -2.21. The average Bonchev–Trinajstić information content (AvgIpc) is 3.79. The highest BCUT2D eigenvalue weighted by Gasteiger charge is 2.36. The molecule has 10 heteroatoms. The molecule has 1 unspecified atom stereocenters. The van der Waals surface area contributed by atoms with Crippen molar-refractivity contribution in [1.29, 1.82) is 0 Å². The van der Waals surface area contributed by atoms with Gasteiger partial charge in [-0.25, -0.2) is 15.0 Å². The Kier molecular flexibility index (Phi) is 11.9. The Bertz CT molecular complexity index is 1710. The third-order valence-electron chi connectivity index (χ3n) is 10.0. The molecule has 0 spiro atoms. The number of amides is 1. The summed E-state index contributed by atoms with van der Waals surface area (Å²) in [5.41, 5.74) is 13.2. The molecular formula is C39H51N5O5. The molecular weight excluding hydrogens is 618 g/mol. The number of methoxy groups -OCH3 is 1. The van der Waals surface area contributed by atoms with Crippen LogP contribution in [0.1, 0.15) is 60.8 Å². The molecule has 262 valence electrons. The van der Waals surface area contributed by atoms with E-state index in [1.807, 2.05) is 20.0 Å². The molecule has 2 N–H and O–H groups in total. The highest BCUT2D eigenvalue weighted by atomic mass is 16.5. The van der Waals surface area contributed by atoms with Crippen molar-refractivity contribution in [3.8, 4) is 0 Å². The van der Waals surface area contributed by atoms with Gasteiger partial charge in [0.15, 0.2) is 0 Å². The topological polar surface area (TPSA) is 117 Å². The molecule has 8 bridgehead atoms. The minimum Gasteiger partial charge on any atom is -0.515 e. The normalized spacial score (nSPS) is 22.6. The second kappa shape index (κ2) is 16.1. The number of fused-ring (bicyclic) bond motifs is 5. The molecule has 5 heterocycles. The van der Waals surface area contributed by atoms with Gasteiger partial charge in [0.05, 0.1) is 73.5 Å². The number of ether oxygens (including phenoxy) is 3. The third kappa shape index (κ3) is 7.87. The van der Waals surface area contributed by atoms with Gasteiger partial charge in [0, 0.05) is 55.9 Å². The molecule has 0 aromatic carbocycles. The first-order valence-electron chi connectivity index (χ1n) is 17.3. The number of aliphatic imine (C=N–C) groups is 3. The van der Waals surface area contributed by atoms with Crippen molar-refractivity contribution in [2.75, 3.05) is 53.7 Å². The maximum absolute atomic E-state index is 13.3. The Morgan fingerprint density at radius 3 is 2.31 bits per heavy atom. The van der Waals surface area contributed by atoms with Crippen molar-refractivity contribution in [2.45, 2.75) is 60.8 Å². The van der Waals surface area contributed by atoms with Crippen LogP contribution in [0.4, 0.5) is 0 Å². The van der Waals surface area contributed by atoms with Gasteiger partial charge >= 0.3 is 0 Å². The number of nitrogens with one attached hydrogen (secondary N) is 1. The number of carbonyl (C=O) groups excluding carboxylic acids is 1. The van der Waals surface area contributed by atoms with Gasteiger partial charge in [-0.2, -0.15) is 0 Å². The maximum Gasteiger partial charge on any atom is 0.222 e. The number of allylic oxidation sites excluding steroid dienone is 12. The van der Waals surface area contributed by atoms with Crippen molar-refractivity contribution in [1.82, 2.24) is 10.2 Å². The SMILES string of the molecule is CCC1=C(C)C2=CC3=NC(=C(C)C3=CO)C=C3NC(=C(C)C4=NC(=CC1=N2)C(C)=C4)[C@@H](CCC(=O)N(C)CCOCCOCCOC)C3C. The van der Waals surface area contributed by atoms with E-state index < -0.39 is 0 Å². The average molecular weight is 670 g/mol. The number of aliphatic hydroxyl groups is 1. The molecule has 49 heavy (non-hydrogen) atoms. The zero-order chi connectivity index (χ0) is 35.2. The minimum atomic E-state index is 0.0719. The van der Waals surface area contributed by atoms with Crippen molar-refractivity contribution in [3.63, 3.8) is 0 Å². The second-order valence-electron chi connectivity index (χ2n) is 13.1. The van der Waals surface area contributed by atoms with E-state index in [0.29, 0.717) is 63.7 Å². The summed E-state index contributed by atoms with van der Waals surface area (Å²) in [6.45, 7) is 15.7. The number of nitrogens with zero attached hydrogens (tertiary/aromatic N) is 4. The summed E-state index contributed by atoms with van der Waals surface area (Å²) in [6.07, 6.45) is 11.4. The quantitative estimate of drug-likeness (QED) is 0.172. The van der Waals surface area contributed by atoms with E-state index in [9.17, 15) is 9.90 Å². The summed E-state index contributed by atoms with van der Waals surface area (Å²) in [5.74, 6) is 0.252. The van der Waals surface area contributed by atoms with Crippen molar-refractivity contribution in [2.24, 2.45) is 26.8 Å². The van der Waals surface area contributed by atoms with Gasteiger partial charge in [0.2, 0.25) is 5.91 Å². The lowest BCUT2D eigenvalue weighted by molar-refractivity contribution is -0.130. The second-order valence-corrected chi connectivity index (χ2v) is 13.1. The number of rotatable bonds is 13. The highest BCUT2D eigenvalue weighted by molar-refractivity contribution is 6.18. The van der Waals surface area contributed by atoms with Crippen LogP contribution in [0.15, 0.2) is 107 Å². The summed E-state index contributed by atoms with van der Waals surface area (Å²) < 4.78 is 16.1. The Balaban J connectivity index is 1.42. The fraction of sp³-hybridized carbons (Fsp3) is 0.487. The van der Waals surface area contributed by atoms with E-state index in [2.05, 4.69) is 58.2 Å². The summed E-state index contributed by atoms with van der Waals surface area (Å²) >= 11 is 0. The first-order chi connectivity index (χ1) is 23.6. The predicted molar refractivity (Wildman–Crippen MR) is 196 cm³/mol. The molecule has 5 aliphatic rings. The lowest BCUT2D eigenvalue weighted by Crippen LogP contribution is -2.31. The predicted octanol–water partition coefficient (Wildman–Crippen LogP) is 6.45. The van der Waals surface area contributed by atoms with E-state index in [-0.39, 0.29) is 17.7 Å². The van der Waals surface area contributed by atoms with Gasteiger partial charge < -0.3 is 29.5 Å². The van der Waals surface area contributed by atoms with Gasteiger partial charge in [0.1, 0.15) is 0 Å². The Morgan fingerprint density at radius 2 is 1.59 bits per heavy atom. The van der Waals surface area contributed by atoms with E-state index in [1.165, 1.54) is 5.57 Å². The molecule has 1 saturated heterocycles. The molecule has 0 aromatic rings. The van der Waals surface area contributed by atoms with Crippen molar-refractivity contribution in [3.05, 3.63) is 92.5 Å². The lowest BCUT2D eigenvalue weighted by atomic mass is 9.86. The summed E-state index contributed by atoms with van der Waals surface area (Å²) in [4.78, 5) is 30.1. The first-order valence-corrected chi connectivity index (χ1v) is 17.3.